The van der Waals surface area contributed by atoms with Gasteiger partial charge in [-0.2, -0.15) is 0 Å². The molecule has 0 radical (unpaired) electrons. The minimum Gasteiger partial charge on any atom is -0.756 e. The standard InChI is InChI=1S/Na.H3O4P.H3O3P/c;1-5(2,3)4;1-4(2)3/h;(H3,1,2,3,4);1-3H/q+1;;/p-1. The van der Waals surface area contributed by atoms with Crippen LogP contribution in [0.4, 0.5) is 0 Å². The van der Waals surface area contributed by atoms with Gasteiger partial charge in [0.15, 0.2) is 0 Å². The van der Waals surface area contributed by atoms with E-state index in [1.807, 2.05) is 0 Å². The molecule has 5 N–H and O–H groups in total. The van der Waals surface area contributed by atoms with Crippen LogP contribution >= 0.6 is 16.4 Å². The van der Waals surface area contributed by atoms with E-state index < -0.39 is 16.4 Å². The molecule has 0 aliphatic carbocycles. The van der Waals surface area contributed by atoms with E-state index in [-0.39, 0.29) is 29.6 Å². The van der Waals surface area contributed by atoms with Crippen LogP contribution in [0.15, 0.2) is 0 Å². The van der Waals surface area contributed by atoms with Gasteiger partial charge in [-0.1, -0.05) is 0 Å². The van der Waals surface area contributed by atoms with Crippen LogP contribution in [0.5, 0.6) is 0 Å². The summed E-state index contributed by atoms with van der Waals surface area (Å²) in [5.41, 5.74) is 0. The monoisotopic (exact) mass is 202 g/mol. The van der Waals surface area contributed by atoms with Gasteiger partial charge < -0.3 is 29.4 Å². The average molecular weight is 202 g/mol. The minimum absolute atomic E-state index is 0. The van der Waals surface area contributed by atoms with Gasteiger partial charge in [0, 0.05) is 0 Å². The number of hydrogen-bond acceptors (Lipinski definition) is 5. The zero-order valence-electron chi connectivity index (χ0n) is 4.95. The van der Waals surface area contributed by atoms with Crippen molar-refractivity contribution < 1.29 is 63.5 Å². The smallest absolute Gasteiger partial charge is 0.756 e. The first kappa shape index (κ1) is 17.5. The molecule has 0 saturated heterocycles. The topological polar surface area (TPSA) is 141 Å². The Morgan fingerprint density at radius 2 is 1.20 bits per heavy atom. The SMILES string of the molecule is O=P([O-])(O)O.OP(O)O.[Na+]. The van der Waals surface area contributed by atoms with Gasteiger partial charge in [0.2, 0.25) is 0 Å². The Morgan fingerprint density at radius 1 is 1.20 bits per heavy atom. The number of rotatable bonds is 0. The van der Waals surface area contributed by atoms with Gasteiger partial charge >= 0.3 is 38.2 Å². The quantitative estimate of drug-likeness (QED) is 0.195. The van der Waals surface area contributed by atoms with Crippen molar-refractivity contribution in [3.05, 3.63) is 0 Å². The maximum absolute atomic E-state index is 8.77. The van der Waals surface area contributed by atoms with Crippen LogP contribution in [0.2, 0.25) is 0 Å². The Bertz CT molecular complexity index is 82.8. The first-order chi connectivity index (χ1) is 3.73. The largest absolute Gasteiger partial charge is 1.00 e. The number of phosphoric acid groups is 1. The van der Waals surface area contributed by atoms with E-state index in [4.69, 9.17) is 33.9 Å². The molecule has 0 spiro atoms. The van der Waals surface area contributed by atoms with E-state index >= 15 is 0 Å². The molecular weight excluding hydrogens is 197 g/mol. The van der Waals surface area contributed by atoms with Gasteiger partial charge in [-0.15, -0.1) is 0 Å². The summed E-state index contributed by atoms with van der Waals surface area (Å²) >= 11 is 0. The van der Waals surface area contributed by atoms with Gasteiger partial charge in [-0.25, -0.2) is 0 Å². The Kier molecular flexibility index (Phi) is 14.9. The first-order valence-corrected chi connectivity index (χ1v) is 4.10. The second kappa shape index (κ2) is 8.52. The van der Waals surface area contributed by atoms with E-state index in [2.05, 4.69) is 0 Å². The normalized spacial score (nSPS) is 9.50. The molecule has 7 nitrogen and oxygen atoms in total. The van der Waals surface area contributed by atoms with E-state index in [1.165, 1.54) is 0 Å². The molecule has 0 atom stereocenters. The summed E-state index contributed by atoms with van der Waals surface area (Å²) in [5, 5.41) is 0. The third kappa shape index (κ3) is 331. The molecule has 0 aromatic rings. The first-order valence-electron chi connectivity index (χ1n) is 1.37. The van der Waals surface area contributed by atoms with Crippen LogP contribution in [0, 0.1) is 0 Å². The van der Waals surface area contributed by atoms with Crippen LogP contribution in [0.1, 0.15) is 0 Å². The third-order valence-electron chi connectivity index (χ3n) is 0. The average Bonchev–Trinajstić information content (AvgIpc) is 1.19. The summed E-state index contributed by atoms with van der Waals surface area (Å²) in [6, 6.07) is 0. The van der Waals surface area contributed by atoms with Gasteiger partial charge in [0.1, 0.15) is 0 Å². The second-order valence-corrected chi connectivity index (χ2v) is 2.28. The van der Waals surface area contributed by atoms with Gasteiger partial charge in [-0.3, -0.25) is 4.57 Å². The summed E-state index contributed by atoms with van der Waals surface area (Å²) < 4.78 is 8.77. The maximum Gasteiger partial charge on any atom is 1.00 e. The van der Waals surface area contributed by atoms with Crippen molar-refractivity contribution in [2.75, 3.05) is 0 Å². The van der Waals surface area contributed by atoms with Crippen molar-refractivity contribution in [2.45, 2.75) is 0 Å². The fourth-order valence-electron chi connectivity index (χ4n) is 0. The minimum atomic E-state index is -4.89. The molecule has 0 bridgehead atoms. The van der Waals surface area contributed by atoms with E-state index in [0.717, 1.165) is 0 Å². The fraction of sp³-hybridized carbons (Fsp3) is 0. The molecule has 0 aromatic carbocycles. The molecule has 0 aromatic heterocycles. The van der Waals surface area contributed by atoms with Crippen LogP contribution in [-0.4, -0.2) is 24.5 Å². The summed E-state index contributed by atoms with van der Waals surface area (Å²) in [5.74, 6) is 0. The molecule has 10 heteroatoms. The van der Waals surface area contributed by atoms with E-state index in [9.17, 15) is 0 Å². The molecule has 0 aliphatic rings. The molecule has 0 amide bonds. The second-order valence-electron chi connectivity index (χ2n) is 0.759. The maximum atomic E-state index is 8.77. The van der Waals surface area contributed by atoms with Crippen molar-refractivity contribution in [2.24, 2.45) is 0 Å². The molecular formula is H5NaO7P2. The molecule has 10 heavy (non-hydrogen) atoms. The molecule has 0 rings (SSSR count). The fourth-order valence-corrected chi connectivity index (χ4v) is 0. The van der Waals surface area contributed by atoms with E-state index in [0.29, 0.717) is 0 Å². The third-order valence-corrected chi connectivity index (χ3v) is 0. The Labute approximate surface area is 79.9 Å². The molecule has 0 aliphatic heterocycles. The Hall–Kier alpha value is 1.42. The van der Waals surface area contributed by atoms with Gasteiger partial charge in [0.25, 0.3) is 7.82 Å². The summed E-state index contributed by atoms with van der Waals surface area (Å²) in [7, 11) is -7.51. The molecule has 0 heterocycles. The van der Waals surface area contributed by atoms with Crippen LogP contribution in [-0.2, 0) is 4.57 Å². The van der Waals surface area contributed by atoms with Crippen LogP contribution in [0.3, 0.4) is 0 Å². The van der Waals surface area contributed by atoms with Crippen molar-refractivity contribution in [3.63, 3.8) is 0 Å². The van der Waals surface area contributed by atoms with E-state index in [1.54, 1.807) is 0 Å². The molecule has 0 unspecified atom stereocenters. The number of hydrogen-bond donors (Lipinski definition) is 5. The summed E-state index contributed by atoms with van der Waals surface area (Å²) in [4.78, 5) is 44.6. The predicted molar refractivity (Wildman–Crippen MR) is 25.6 cm³/mol. The zero-order chi connectivity index (χ0) is 8.08. The van der Waals surface area contributed by atoms with Crippen LogP contribution < -0.4 is 34.5 Å². The van der Waals surface area contributed by atoms with Gasteiger partial charge in [-0.05, 0) is 0 Å². The summed E-state index contributed by atoms with van der Waals surface area (Å²) in [6.45, 7) is 0. The zero-order valence-corrected chi connectivity index (χ0v) is 8.74. The molecule has 58 valence electrons. The molecule has 0 fully saturated rings. The van der Waals surface area contributed by atoms with Crippen molar-refractivity contribution in [1.82, 2.24) is 0 Å². The predicted octanol–water partition coefficient (Wildman–Crippen LogP) is -5.37. The van der Waals surface area contributed by atoms with Crippen molar-refractivity contribution in [3.8, 4) is 0 Å². The van der Waals surface area contributed by atoms with Crippen molar-refractivity contribution in [1.29, 1.82) is 0 Å². The Balaban J connectivity index is -0.0000000910. The van der Waals surface area contributed by atoms with Crippen LogP contribution in [0.25, 0.3) is 0 Å². The summed E-state index contributed by atoms with van der Waals surface area (Å²) in [6.07, 6.45) is 0. The van der Waals surface area contributed by atoms with Gasteiger partial charge in [0.05, 0.1) is 0 Å². The molecule has 0 saturated carbocycles. The Morgan fingerprint density at radius 3 is 1.20 bits per heavy atom. The van der Waals surface area contributed by atoms with Crippen molar-refractivity contribution >= 4 is 16.4 Å².